The molecule has 0 fully saturated rings. The van der Waals surface area contributed by atoms with E-state index in [1.807, 2.05) is 26.0 Å². The molecule has 0 aliphatic heterocycles. The van der Waals surface area contributed by atoms with Gasteiger partial charge < -0.3 is 19.5 Å². The van der Waals surface area contributed by atoms with Crippen LogP contribution in [0.4, 0.5) is 5.69 Å². The lowest BCUT2D eigenvalue weighted by Crippen LogP contribution is -2.23. The van der Waals surface area contributed by atoms with Crippen molar-refractivity contribution in [2.45, 2.75) is 26.2 Å². The van der Waals surface area contributed by atoms with Gasteiger partial charge in [0, 0.05) is 26.7 Å². The number of amides is 1. The van der Waals surface area contributed by atoms with Crippen molar-refractivity contribution in [2.24, 2.45) is 5.10 Å². The lowest BCUT2D eigenvalue weighted by Gasteiger charge is -2.16. The number of halogens is 2. The number of rotatable bonds is 10. The van der Waals surface area contributed by atoms with Crippen LogP contribution in [0.3, 0.4) is 0 Å². The first-order chi connectivity index (χ1) is 19.2. The van der Waals surface area contributed by atoms with Gasteiger partial charge in [0.2, 0.25) is 5.75 Å². The molecule has 9 nitrogen and oxygen atoms in total. The van der Waals surface area contributed by atoms with E-state index in [1.165, 1.54) is 25.1 Å². The van der Waals surface area contributed by atoms with Crippen molar-refractivity contribution in [3.8, 4) is 17.2 Å². The number of nitrogens with one attached hydrogen (secondary N) is 1. The lowest BCUT2D eigenvalue weighted by atomic mass is 10.1. The smallest absolute Gasteiger partial charge is 0.282 e. The van der Waals surface area contributed by atoms with Gasteiger partial charge in [-0.05, 0) is 61.0 Å². The number of hydrogen-bond acceptors (Lipinski definition) is 7. The topological polar surface area (TPSA) is 104 Å². The van der Waals surface area contributed by atoms with Gasteiger partial charge >= 0.3 is 0 Å². The third-order valence-electron chi connectivity index (χ3n) is 6.17. The molecule has 0 radical (unpaired) electrons. The highest BCUT2D eigenvalue weighted by Gasteiger charge is 2.18. The molecule has 3 aromatic carbocycles. The number of carbonyl (C=O) groups is 1. The normalized spacial score (nSPS) is 11.9. The Bertz CT molecular complexity index is 1600. The van der Waals surface area contributed by atoms with E-state index in [0.29, 0.717) is 44.5 Å². The molecule has 0 unspecified atom stereocenters. The van der Waals surface area contributed by atoms with Gasteiger partial charge in [-0.15, -0.1) is 0 Å². The standard InChI is InChI=1S/C29H28BrClN4O5/c1-5-17(2)28-34-23-11-6-19(30)14-22(23)29(37)35(28)32-15-18-12-24(38-3)27(25(13-18)39-4)40-16-26(36)33-21-9-7-20(31)8-10-21/h6-15,17H,5,16H2,1-4H3,(H,33,36)/t17-/m1/s1. The molecule has 0 aliphatic rings. The Labute approximate surface area is 244 Å². The molecule has 11 heteroatoms. The maximum atomic E-state index is 13.4. The number of ether oxygens (including phenoxy) is 3. The summed E-state index contributed by atoms with van der Waals surface area (Å²) in [6.45, 7) is 3.75. The number of nitrogens with zero attached hydrogens (tertiary/aromatic N) is 3. The van der Waals surface area contributed by atoms with Crippen LogP contribution in [-0.4, -0.2) is 42.6 Å². The maximum Gasteiger partial charge on any atom is 0.282 e. The third-order valence-corrected chi connectivity index (χ3v) is 6.91. The van der Waals surface area contributed by atoms with E-state index in [4.69, 9.17) is 30.8 Å². The summed E-state index contributed by atoms with van der Waals surface area (Å²) in [5.41, 5.74) is 1.51. The van der Waals surface area contributed by atoms with Gasteiger partial charge in [-0.1, -0.05) is 41.4 Å². The first kappa shape index (κ1) is 29.1. The highest BCUT2D eigenvalue weighted by Crippen LogP contribution is 2.38. The number of anilines is 1. The lowest BCUT2D eigenvalue weighted by molar-refractivity contribution is -0.118. The molecule has 40 heavy (non-hydrogen) atoms. The van der Waals surface area contributed by atoms with Crippen LogP contribution >= 0.6 is 27.5 Å². The van der Waals surface area contributed by atoms with Gasteiger partial charge in [0.15, 0.2) is 18.1 Å². The molecule has 4 rings (SSSR count). The number of hydrogen-bond donors (Lipinski definition) is 1. The van der Waals surface area contributed by atoms with Crippen LogP contribution in [0, 0.1) is 0 Å². The molecule has 0 aliphatic carbocycles. The zero-order chi connectivity index (χ0) is 28.8. The van der Waals surface area contributed by atoms with Crippen LogP contribution in [0.15, 0.2) is 69.0 Å². The third kappa shape index (κ3) is 6.63. The number of methoxy groups -OCH3 is 2. The molecule has 1 N–H and O–H groups in total. The van der Waals surface area contributed by atoms with Crippen molar-refractivity contribution >= 4 is 56.2 Å². The Morgan fingerprint density at radius 3 is 2.42 bits per heavy atom. The van der Waals surface area contributed by atoms with Crippen LogP contribution in [-0.2, 0) is 4.79 Å². The molecule has 4 aromatic rings. The van der Waals surface area contributed by atoms with Gasteiger partial charge in [-0.2, -0.15) is 9.78 Å². The molecule has 208 valence electrons. The fourth-order valence-corrected chi connectivity index (χ4v) is 4.38. The fraction of sp³-hybridized carbons (Fsp3) is 0.241. The van der Waals surface area contributed by atoms with E-state index < -0.39 is 0 Å². The summed E-state index contributed by atoms with van der Waals surface area (Å²) in [5.74, 6) is 1.10. The predicted octanol–water partition coefficient (Wildman–Crippen LogP) is 6.24. The van der Waals surface area contributed by atoms with E-state index in [0.717, 1.165) is 10.9 Å². The minimum atomic E-state index is -0.371. The number of benzene rings is 3. The molecule has 0 bridgehead atoms. The van der Waals surface area contributed by atoms with E-state index >= 15 is 0 Å². The Morgan fingerprint density at radius 1 is 1.12 bits per heavy atom. The summed E-state index contributed by atoms with van der Waals surface area (Å²) in [7, 11) is 2.96. The van der Waals surface area contributed by atoms with Crippen molar-refractivity contribution in [1.82, 2.24) is 9.66 Å². The van der Waals surface area contributed by atoms with Crippen LogP contribution in [0.1, 0.15) is 37.6 Å². The number of aromatic nitrogens is 2. The second kappa shape index (κ2) is 13.0. The zero-order valence-corrected chi connectivity index (χ0v) is 24.7. The van der Waals surface area contributed by atoms with Crippen molar-refractivity contribution in [3.63, 3.8) is 0 Å². The molecule has 0 saturated heterocycles. The molecule has 0 saturated carbocycles. The zero-order valence-electron chi connectivity index (χ0n) is 22.4. The minimum absolute atomic E-state index is 0.00300. The molecule has 1 heterocycles. The summed E-state index contributed by atoms with van der Waals surface area (Å²) in [4.78, 5) is 30.6. The van der Waals surface area contributed by atoms with Crippen LogP contribution in [0.25, 0.3) is 10.9 Å². The summed E-state index contributed by atoms with van der Waals surface area (Å²) < 4.78 is 18.9. The first-order valence-electron chi connectivity index (χ1n) is 12.4. The van der Waals surface area contributed by atoms with E-state index in [9.17, 15) is 9.59 Å². The quantitative estimate of drug-likeness (QED) is 0.209. The highest BCUT2D eigenvalue weighted by atomic mass is 79.9. The van der Waals surface area contributed by atoms with Crippen LogP contribution in [0.5, 0.6) is 17.2 Å². The average Bonchev–Trinajstić information content (AvgIpc) is 2.96. The van der Waals surface area contributed by atoms with Gasteiger partial charge in [-0.3, -0.25) is 9.59 Å². The number of fused-ring (bicyclic) bond motifs is 1. The monoisotopic (exact) mass is 626 g/mol. The first-order valence-corrected chi connectivity index (χ1v) is 13.6. The van der Waals surface area contributed by atoms with Gasteiger partial charge in [-0.25, -0.2) is 4.98 Å². The van der Waals surface area contributed by atoms with E-state index in [2.05, 4.69) is 26.3 Å². The second-order valence-electron chi connectivity index (χ2n) is 8.90. The summed E-state index contributed by atoms with van der Waals surface area (Å²) in [5, 5.41) is 8.27. The van der Waals surface area contributed by atoms with Crippen molar-refractivity contribution in [2.75, 3.05) is 26.1 Å². The highest BCUT2D eigenvalue weighted by molar-refractivity contribution is 9.10. The molecular weight excluding hydrogens is 600 g/mol. The second-order valence-corrected chi connectivity index (χ2v) is 10.3. The van der Waals surface area contributed by atoms with E-state index in [-0.39, 0.29) is 29.7 Å². The Balaban J connectivity index is 1.63. The van der Waals surface area contributed by atoms with Crippen molar-refractivity contribution < 1.29 is 19.0 Å². The molecular formula is C29H28BrClN4O5. The Hall–Kier alpha value is -3.89. The maximum absolute atomic E-state index is 13.4. The average molecular weight is 628 g/mol. The van der Waals surface area contributed by atoms with Crippen LogP contribution in [0.2, 0.25) is 5.02 Å². The summed E-state index contributed by atoms with van der Waals surface area (Å²) in [6.07, 6.45) is 2.31. The largest absolute Gasteiger partial charge is 0.493 e. The van der Waals surface area contributed by atoms with Crippen LogP contribution < -0.4 is 25.1 Å². The number of carbonyl (C=O) groups excluding carboxylic acids is 1. The molecule has 1 amide bonds. The molecule has 1 atom stereocenters. The molecule has 1 aromatic heterocycles. The molecule has 0 spiro atoms. The van der Waals surface area contributed by atoms with Crippen molar-refractivity contribution in [3.05, 3.63) is 85.8 Å². The fourth-order valence-electron chi connectivity index (χ4n) is 3.89. The minimum Gasteiger partial charge on any atom is -0.493 e. The predicted molar refractivity (Wildman–Crippen MR) is 161 cm³/mol. The Morgan fingerprint density at radius 2 is 1.80 bits per heavy atom. The Kier molecular flexibility index (Phi) is 9.44. The van der Waals surface area contributed by atoms with Gasteiger partial charge in [0.05, 0.1) is 31.3 Å². The van der Waals surface area contributed by atoms with Gasteiger partial charge in [0.25, 0.3) is 11.5 Å². The SMILES string of the molecule is CC[C@@H](C)c1nc2ccc(Br)cc2c(=O)n1N=Cc1cc(OC)c(OCC(=O)Nc2ccc(Cl)cc2)c(OC)c1. The van der Waals surface area contributed by atoms with Gasteiger partial charge in [0.1, 0.15) is 5.82 Å². The van der Waals surface area contributed by atoms with Crippen molar-refractivity contribution in [1.29, 1.82) is 0 Å². The summed E-state index contributed by atoms with van der Waals surface area (Å²) >= 11 is 9.32. The summed E-state index contributed by atoms with van der Waals surface area (Å²) in [6, 6.07) is 15.5. The van der Waals surface area contributed by atoms with E-state index in [1.54, 1.807) is 42.5 Å².